The molecule has 0 amide bonds. The highest BCUT2D eigenvalue weighted by atomic mass is 32.2. The lowest BCUT2D eigenvalue weighted by Crippen LogP contribution is -2.33. The molecule has 0 fully saturated rings. The van der Waals surface area contributed by atoms with E-state index in [-0.39, 0.29) is 16.7 Å². The van der Waals surface area contributed by atoms with Gasteiger partial charge >= 0.3 is 0 Å². The molecule has 1 unspecified atom stereocenters. The van der Waals surface area contributed by atoms with Gasteiger partial charge in [-0.15, -0.1) is 0 Å². The number of hydrogen-bond acceptors (Lipinski definition) is 3. The van der Waals surface area contributed by atoms with E-state index < -0.39 is 15.7 Å². The van der Waals surface area contributed by atoms with Crippen molar-refractivity contribution in [1.29, 1.82) is 0 Å². The molecule has 0 aliphatic rings. The topological polar surface area (TPSA) is 46.2 Å². The summed E-state index contributed by atoms with van der Waals surface area (Å²) in [6, 6.07) is 5.26. The Morgan fingerprint density at radius 2 is 2.00 bits per heavy atom. The van der Waals surface area contributed by atoms with Gasteiger partial charge in [0.2, 0.25) is 0 Å². The van der Waals surface area contributed by atoms with Crippen LogP contribution in [0.15, 0.2) is 29.2 Å². The average Bonchev–Trinajstić information content (AvgIpc) is 2.17. The Labute approximate surface area is 95.6 Å². The van der Waals surface area contributed by atoms with E-state index in [0.29, 0.717) is 6.54 Å². The molecule has 16 heavy (non-hydrogen) atoms. The Balaban J connectivity index is 2.91. The number of nitrogens with one attached hydrogen (secondary N) is 1. The summed E-state index contributed by atoms with van der Waals surface area (Å²) >= 11 is 0. The standard InChI is InChI=1S/C11H16FNO2S/c1-3-13-9(2)8-16(14,15)11-7-5-4-6-10(11)12/h4-7,9,13H,3,8H2,1-2H3. The quantitative estimate of drug-likeness (QED) is 0.857. The third-order valence-corrected chi connectivity index (χ3v) is 4.13. The van der Waals surface area contributed by atoms with Crippen LogP contribution in [0.2, 0.25) is 0 Å². The first-order valence-electron chi connectivity index (χ1n) is 5.18. The van der Waals surface area contributed by atoms with Crippen molar-refractivity contribution in [2.24, 2.45) is 0 Å². The highest BCUT2D eigenvalue weighted by Crippen LogP contribution is 2.15. The summed E-state index contributed by atoms with van der Waals surface area (Å²) in [6.07, 6.45) is 0. The van der Waals surface area contributed by atoms with Crippen molar-refractivity contribution < 1.29 is 12.8 Å². The van der Waals surface area contributed by atoms with Gasteiger partial charge in [-0.2, -0.15) is 0 Å². The Hall–Kier alpha value is -0.940. The van der Waals surface area contributed by atoms with Gasteiger partial charge in [-0.3, -0.25) is 0 Å². The third-order valence-electron chi connectivity index (χ3n) is 2.19. The van der Waals surface area contributed by atoms with Crippen LogP contribution in [0.1, 0.15) is 13.8 Å². The van der Waals surface area contributed by atoms with Gasteiger partial charge in [0.05, 0.1) is 5.75 Å². The zero-order chi connectivity index (χ0) is 12.2. The fourth-order valence-corrected chi connectivity index (χ4v) is 3.13. The van der Waals surface area contributed by atoms with Crippen molar-refractivity contribution in [2.45, 2.75) is 24.8 Å². The summed E-state index contributed by atoms with van der Waals surface area (Å²) in [6.45, 7) is 4.35. The van der Waals surface area contributed by atoms with Crippen LogP contribution in [-0.4, -0.2) is 26.8 Å². The molecule has 1 atom stereocenters. The number of sulfone groups is 1. The van der Waals surface area contributed by atoms with Crippen molar-refractivity contribution in [3.05, 3.63) is 30.1 Å². The van der Waals surface area contributed by atoms with E-state index in [4.69, 9.17) is 0 Å². The van der Waals surface area contributed by atoms with Gasteiger partial charge in [0, 0.05) is 6.04 Å². The first-order valence-corrected chi connectivity index (χ1v) is 6.83. The van der Waals surface area contributed by atoms with Crippen molar-refractivity contribution in [3.63, 3.8) is 0 Å². The highest BCUT2D eigenvalue weighted by molar-refractivity contribution is 7.91. The first kappa shape index (κ1) is 13.1. The second kappa shape index (κ2) is 5.41. The number of halogens is 1. The van der Waals surface area contributed by atoms with Crippen LogP contribution in [-0.2, 0) is 9.84 Å². The zero-order valence-corrected chi connectivity index (χ0v) is 10.2. The van der Waals surface area contributed by atoms with E-state index in [2.05, 4.69) is 5.32 Å². The van der Waals surface area contributed by atoms with E-state index in [0.717, 1.165) is 6.07 Å². The molecule has 1 aromatic rings. The Bertz CT molecular complexity index is 445. The maximum Gasteiger partial charge on any atom is 0.182 e. The van der Waals surface area contributed by atoms with Crippen molar-refractivity contribution >= 4 is 9.84 Å². The van der Waals surface area contributed by atoms with Crippen LogP contribution in [0.3, 0.4) is 0 Å². The lowest BCUT2D eigenvalue weighted by Gasteiger charge is -2.12. The molecular weight excluding hydrogens is 229 g/mol. The molecule has 3 nitrogen and oxygen atoms in total. The largest absolute Gasteiger partial charge is 0.314 e. The predicted octanol–water partition coefficient (Wildman–Crippen LogP) is 1.60. The van der Waals surface area contributed by atoms with E-state index in [1.165, 1.54) is 18.2 Å². The summed E-state index contributed by atoms with van der Waals surface area (Å²) in [7, 11) is -3.55. The van der Waals surface area contributed by atoms with Crippen molar-refractivity contribution in [3.8, 4) is 0 Å². The van der Waals surface area contributed by atoms with Crippen molar-refractivity contribution in [2.75, 3.05) is 12.3 Å². The summed E-state index contributed by atoms with van der Waals surface area (Å²) in [5, 5.41) is 2.99. The molecular formula is C11H16FNO2S. The lowest BCUT2D eigenvalue weighted by molar-refractivity contribution is 0.550. The maximum atomic E-state index is 13.3. The molecule has 5 heteroatoms. The molecule has 0 saturated carbocycles. The number of benzene rings is 1. The number of hydrogen-bond donors (Lipinski definition) is 1. The molecule has 1 N–H and O–H groups in total. The monoisotopic (exact) mass is 245 g/mol. The molecule has 0 heterocycles. The smallest absolute Gasteiger partial charge is 0.182 e. The van der Waals surface area contributed by atoms with Crippen LogP contribution in [0.25, 0.3) is 0 Å². The zero-order valence-electron chi connectivity index (χ0n) is 9.40. The molecule has 0 radical (unpaired) electrons. The van der Waals surface area contributed by atoms with Crippen LogP contribution < -0.4 is 5.32 Å². The van der Waals surface area contributed by atoms with Gasteiger partial charge in [0.1, 0.15) is 10.7 Å². The minimum atomic E-state index is -3.55. The lowest BCUT2D eigenvalue weighted by atomic mass is 10.3. The normalized spacial score (nSPS) is 13.7. The highest BCUT2D eigenvalue weighted by Gasteiger charge is 2.21. The Morgan fingerprint density at radius 3 is 2.56 bits per heavy atom. The molecule has 1 aromatic carbocycles. The Kier molecular flexibility index (Phi) is 4.44. The SMILES string of the molecule is CCNC(C)CS(=O)(=O)c1ccccc1F. The summed E-state index contributed by atoms with van der Waals surface area (Å²) < 4.78 is 37.0. The fourth-order valence-electron chi connectivity index (χ4n) is 1.52. The third kappa shape index (κ3) is 3.28. The molecule has 1 rings (SSSR count). The minimum absolute atomic E-state index is 0.0955. The summed E-state index contributed by atoms with van der Waals surface area (Å²) in [5.41, 5.74) is 0. The summed E-state index contributed by atoms with van der Waals surface area (Å²) in [4.78, 5) is -0.222. The second-order valence-electron chi connectivity index (χ2n) is 3.67. The summed E-state index contributed by atoms with van der Waals surface area (Å²) in [5.74, 6) is -0.784. The number of rotatable bonds is 5. The fraction of sp³-hybridized carbons (Fsp3) is 0.455. The average molecular weight is 245 g/mol. The molecule has 0 aliphatic heterocycles. The molecule has 0 aromatic heterocycles. The molecule has 0 aliphatic carbocycles. The van der Waals surface area contributed by atoms with Crippen LogP contribution in [0.4, 0.5) is 4.39 Å². The Morgan fingerprint density at radius 1 is 1.38 bits per heavy atom. The van der Waals surface area contributed by atoms with Crippen LogP contribution in [0.5, 0.6) is 0 Å². The van der Waals surface area contributed by atoms with Gasteiger partial charge in [0.25, 0.3) is 0 Å². The van der Waals surface area contributed by atoms with E-state index >= 15 is 0 Å². The van der Waals surface area contributed by atoms with Gasteiger partial charge in [-0.1, -0.05) is 19.1 Å². The van der Waals surface area contributed by atoms with Gasteiger partial charge in [0.15, 0.2) is 9.84 Å². The van der Waals surface area contributed by atoms with E-state index in [1.807, 2.05) is 6.92 Å². The molecule has 0 bridgehead atoms. The van der Waals surface area contributed by atoms with Crippen LogP contribution >= 0.6 is 0 Å². The molecule has 0 spiro atoms. The van der Waals surface area contributed by atoms with Gasteiger partial charge in [-0.05, 0) is 25.6 Å². The van der Waals surface area contributed by atoms with Gasteiger partial charge < -0.3 is 5.32 Å². The molecule has 90 valence electrons. The minimum Gasteiger partial charge on any atom is -0.314 e. The predicted molar refractivity (Wildman–Crippen MR) is 61.6 cm³/mol. The molecule has 0 saturated heterocycles. The van der Waals surface area contributed by atoms with Crippen LogP contribution in [0, 0.1) is 5.82 Å². The van der Waals surface area contributed by atoms with E-state index in [9.17, 15) is 12.8 Å². The van der Waals surface area contributed by atoms with Gasteiger partial charge in [-0.25, -0.2) is 12.8 Å². The van der Waals surface area contributed by atoms with E-state index in [1.54, 1.807) is 6.92 Å². The second-order valence-corrected chi connectivity index (χ2v) is 5.67. The first-order chi connectivity index (χ1) is 7.47. The maximum absolute atomic E-state index is 13.3. The van der Waals surface area contributed by atoms with Crippen molar-refractivity contribution in [1.82, 2.24) is 5.32 Å².